The molecule has 0 N–H and O–H groups in total. The predicted octanol–water partition coefficient (Wildman–Crippen LogP) is 1.82. The van der Waals surface area contributed by atoms with Gasteiger partial charge in [-0.3, -0.25) is 12.8 Å². The molecule has 21 heavy (non-hydrogen) atoms. The number of carbonyl (C=O) groups is 4. The van der Waals surface area contributed by atoms with E-state index in [4.69, 9.17) is 0 Å². The van der Waals surface area contributed by atoms with E-state index < -0.39 is 35.5 Å². The zero-order chi connectivity index (χ0) is 16.7. The molecule has 0 atom stereocenters. The van der Waals surface area contributed by atoms with Gasteiger partial charge in [0.2, 0.25) is 0 Å². The van der Waals surface area contributed by atoms with Gasteiger partial charge in [-0.05, 0) is 13.8 Å². The molecule has 0 aliphatic heterocycles. The number of hydrogen-bond donors (Lipinski definition) is 0. The van der Waals surface area contributed by atoms with Crippen molar-refractivity contribution in [3.63, 3.8) is 0 Å². The summed E-state index contributed by atoms with van der Waals surface area (Å²) in [5.41, 5.74) is 0. The summed E-state index contributed by atoms with van der Waals surface area (Å²) >= 11 is 0. The summed E-state index contributed by atoms with van der Waals surface area (Å²) in [6.45, 7) is 1.76. The van der Waals surface area contributed by atoms with Crippen molar-refractivity contribution >= 4 is 23.1 Å². The normalized spacial score (nSPS) is 10.3. The van der Waals surface area contributed by atoms with E-state index in [-0.39, 0.29) is 29.9 Å². The van der Waals surface area contributed by atoms with Crippen LogP contribution in [0, 0.1) is 12.8 Å². The number of rotatable bonds is 4. The molecule has 0 rings (SSSR count). The van der Waals surface area contributed by atoms with Crippen LogP contribution in [0.5, 0.6) is 0 Å². The smallest absolute Gasteiger partial charge is 0.334 e. The van der Waals surface area contributed by atoms with Crippen LogP contribution in [0.25, 0.3) is 0 Å². The molecule has 11 heteroatoms. The molecule has 0 spiro atoms. The van der Waals surface area contributed by atoms with Gasteiger partial charge < -0.3 is 19.2 Å². The molecule has 4 nitrogen and oxygen atoms in total. The largest absolute Gasteiger partial charge is 2.00 e. The van der Waals surface area contributed by atoms with E-state index >= 15 is 0 Å². The molecule has 0 bridgehead atoms. The summed E-state index contributed by atoms with van der Waals surface area (Å²) in [6.07, 6.45) is -9.82. The van der Waals surface area contributed by atoms with Gasteiger partial charge in [0.05, 0.1) is 0 Å². The first kappa shape index (κ1) is 24.5. The minimum absolute atomic E-state index is 0. The van der Waals surface area contributed by atoms with Crippen molar-refractivity contribution in [2.45, 2.75) is 26.2 Å². The van der Waals surface area contributed by atoms with E-state index in [1.54, 1.807) is 0 Å². The van der Waals surface area contributed by atoms with Crippen molar-refractivity contribution in [1.82, 2.24) is 0 Å². The van der Waals surface area contributed by atoms with Crippen LogP contribution >= 0.6 is 0 Å². The molecular formula is C10H8CuF6O4. The number of halogens is 6. The van der Waals surface area contributed by atoms with Gasteiger partial charge in [0.1, 0.15) is 11.6 Å². The maximum absolute atomic E-state index is 11.3. The van der Waals surface area contributed by atoms with Crippen LogP contribution in [-0.4, -0.2) is 35.5 Å². The SMILES string of the molecule is CC(=O)[CH-]C(=O)C(F)(F)F.CC(=O)[CH-]C(=O)C(F)(F)F.[Cu+2]. The molecule has 0 saturated heterocycles. The number of alkyl halides is 6. The summed E-state index contributed by atoms with van der Waals surface area (Å²) in [4.78, 5) is 39.6. The van der Waals surface area contributed by atoms with Crippen molar-refractivity contribution in [3.8, 4) is 0 Å². The van der Waals surface area contributed by atoms with Gasteiger partial charge in [0.15, 0.2) is 0 Å². The summed E-state index contributed by atoms with van der Waals surface area (Å²) < 4.78 is 67.7. The Kier molecular flexibility index (Phi) is 11.0. The van der Waals surface area contributed by atoms with Gasteiger partial charge in [0, 0.05) is 11.6 Å². The molecule has 0 aromatic heterocycles. The van der Waals surface area contributed by atoms with Crippen LogP contribution in [0.2, 0.25) is 0 Å². The van der Waals surface area contributed by atoms with Gasteiger partial charge in [-0.1, -0.05) is 0 Å². The second kappa shape index (κ2) is 9.45. The Morgan fingerprint density at radius 1 is 0.667 bits per heavy atom. The summed E-state index contributed by atoms with van der Waals surface area (Å²) in [5.74, 6) is -6.02. The number of Topliss-reactive ketones (excluding diaryl/α,β-unsaturated/α-hetero) is 4. The Bertz CT molecular complexity index is 361. The van der Waals surface area contributed by atoms with Gasteiger partial charge in [-0.15, -0.1) is 0 Å². The first-order chi connectivity index (χ1) is 8.67. The fraction of sp³-hybridized carbons (Fsp3) is 0.400. The molecule has 0 aromatic rings. The Morgan fingerprint density at radius 2 is 0.857 bits per heavy atom. The van der Waals surface area contributed by atoms with Crippen LogP contribution in [0.3, 0.4) is 0 Å². The Morgan fingerprint density at radius 3 is 0.905 bits per heavy atom. The minimum Gasteiger partial charge on any atom is -0.334 e. The van der Waals surface area contributed by atoms with E-state index in [2.05, 4.69) is 0 Å². The molecule has 0 saturated carbocycles. The van der Waals surface area contributed by atoms with Crippen LogP contribution in [0.4, 0.5) is 26.3 Å². The monoisotopic (exact) mass is 369 g/mol. The molecule has 0 aliphatic rings. The summed E-state index contributed by atoms with van der Waals surface area (Å²) in [5, 5.41) is 0. The topological polar surface area (TPSA) is 68.3 Å². The van der Waals surface area contributed by atoms with Crippen LogP contribution in [0.15, 0.2) is 0 Å². The molecule has 0 fully saturated rings. The molecule has 0 amide bonds. The van der Waals surface area contributed by atoms with Crippen LogP contribution < -0.4 is 0 Å². The van der Waals surface area contributed by atoms with Crippen molar-refractivity contribution < 1.29 is 62.6 Å². The Balaban J connectivity index is -0.000000295. The third kappa shape index (κ3) is 14.7. The van der Waals surface area contributed by atoms with Crippen molar-refractivity contribution in [2.24, 2.45) is 0 Å². The van der Waals surface area contributed by atoms with E-state index in [0.717, 1.165) is 13.8 Å². The van der Waals surface area contributed by atoms with E-state index in [0.29, 0.717) is 0 Å². The van der Waals surface area contributed by atoms with Gasteiger partial charge in [-0.2, -0.15) is 26.3 Å². The summed E-state index contributed by atoms with van der Waals surface area (Å²) in [6, 6.07) is 0. The maximum atomic E-state index is 11.3. The molecule has 0 unspecified atom stereocenters. The second-order valence-electron chi connectivity index (χ2n) is 3.23. The van der Waals surface area contributed by atoms with Crippen LogP contribution in [0.1, 0.15) is 13.8 Å². The third-order valence-electron chi connectivity index (χ3n) is 1.23. The van der Waals surface area contributed by atoms with Crippen molar-refractivity contribution in [3.05, 3.63) is 12.8 Å². The quantitative estimate of drug-likeness (QED) is 0.328. The number of hydrogen-bond acceptors (Lipinski definition) is 4. The molecule has 0 aromatic carbocycles. The fourth-order valence-electron chi connectivity index (χ4n) is 0.533. The first-order valence-corrected chi connectivity index (χ1v) is 4.61. The maximum Gasteiger partial charge on any atom is 2.00 e. The molecule has 125 valence electrons. The first-order valence-electron chi connectivity index (χ1n) is 4.61. The van der Waals surface area contributed by atoms with E-state index in [9.17, 15) is 45.5 Å². The number of carbonyl (C=O) groups excluding carboxylic acids is 4. The predicted molar refractivity (Wildman–Crippen MR) is 52.1 cm³/mol. The second-order valence-corrected chi connectivity index (χ2v) is 3.23. The van der Waals surface area contributed by atoms with Crippen molar-refractivity contribution in [1.29, 1.82) is 0 Å². The van der Waals surface area contributed by atoms with Gasteiger partial charge >= 0.3 is 29.4 Å². The zero-order valence-corrected chi connectivity index (χ0v) is 11.3. The fourth-order valence-corrected chi connectivity index (χ4v) is 0.533. The average Bonchev–Trinajstić information content (AvgIpc) is 2.13. The number of ketones is 4. The van der Waals surface area contributed by atoms with Crippen molar-refractivity contribution in [2.75, 3.05) is 0 Å². The van der Waals surface area contributed by atoms with Crippen LogP contribution in [-0.2, 0) is 36.2 Å². The molecular weight excluding hydrogens is 362 g/mol. The Hall–Kier alpha value is -1.48. The van der Waals surface area contributed by atoms with E-state index in [1.807, 2.05) is 0 Å². The summed E-state index contributed by atoms with van der Waals surface area (Å²) in [7, 11) is 0. The van der Waals surface area contributed by atoms with E-state index in [1.165, 1.54) is 0 Å². The standard InChI is InChI=1S/2C5H4F3O2.Cu/c2*1-3(9)2-4(10)5(6,7)8;/h2*2H,1H3;/q2*-1;+2. The molecule has 1 radical (unpaired) electrons. The van der Waals surface area contributed by atoms with Gasteiger partial charge in [-0.25, -0.2) is 0 Å². The Labute approximate surface area is 125 Å². The minimum atomic E-state index is -4.92. The van der Waals surface area contributed by atoms with Gasteiger partial charge in [0.25, 0.3) is 0 Å². The molecule has 0 heterocycles. The average molecular weight is 370 g/mol. The zero-order valence-electron chi connectivity index (χ0n) is 10.4. The molecule has 0 aliphatic carbocycles. The third-order valence-corrected chi connectivity index (χ3v) is 1.23.